The van der Waals surface area contributed by atoms with Gasteiger partial charge >= 0.3 is 0 Å². The number of anilines is 1. The Bertz CT molecular complexity index is 646. The maximum absolute atomic E-state index is 12.4. The molecule has 5 nitrogen and oxygen atoms in total. The van der Waals surface area contributed by atoms with Crippen molar-refractivity contribution in [3.8, 4) is 0 Å². The van der Waals surface area contributed by atoms with E-state index in [1.54, 1.807) is 6.20 Å². The molecule has 5 heteroatoms. The lowest BCUT2D eigenvalue weighted by Crippen LogP contribution is -2.14. The largest absolute Gasteiger partial charge is 0.330 e. The molecule has 0 spiro atoms. The van der Waals surface area contributed by atoms with Crippen LogP contribution in [-0.4, -0.2) is 22.2 Å². The number of benzene rings is 1. The molecule has 0 saturated carbocycles. The van der Waals surface area contributed by atoms with Crippen molar-refractivity contribution in [2.24, 2.45) is 5.73 Å². The van der Waals surface area contributed by atoms with Crippen LogP contribution in [0.15, 0.2) is 24.4 Å². The van der Waals surface area contributed by atoms with E-state index < -0.39 is 0 Å². The second-order valence-electron chi connectivity index (χ2n) is 5.28. The molecule has 3 N–H and O–H groups in total. The standard InChI is InChI=1S/C16H22N4O/c1-11-5-6-15(12(2)9-11)19-16(21)14-10-18-20(13(14)3)8-4-7-17/h5-6,9-10H,4,7-8,17H2,1-3H3,(H,19,21). The summed E-state index contributed by atoms with van der Waals surface area (Å²) < 4.78 is 1.82. The van der Waals surface area contributed by atoms with Crippen LogP contribution >= 0.6 is 0 Å². The predicted octanol–water partition coefficient (Wildman–Crippen LogP) is 2.41. The monoisotopic (exact) mass is 286 g/mol. The number of aryl methyl sites for hydroxylation is 3. The van der Waals surface area contributed by atoms with Crippen LogP contribution in [0.1, 0.15) is 33.6 Å². The van der Waals surface area contributed by atoms with E-state index in [0.29, 0.717) is 12.1 Å². The van der Waals surface area contributed by atoms with Gasteiger partial charge in [-0.15, -0.1) is 0 Å². The Labute approximate surface area is 125 Å². The molecule has 0 atom stereocenters. The Morgan fingerprint density at radius 1 is 1.33 bits per heavy atom. The van der Waals surface area contributed by atoms with E-state index in [1.165, 1.54) is 5.56 Å². The molecular weight excluding hydrogens is 264 g/mol. The average Bonchev–Trinajstić information content (AvgIpc) is 2.81. The molecular formula is C16H22N4O. The first kappa shape index (κ1) is 15.3. The average molecular weight is 286 g/mol. The minimum absolute atomic E-state index is 0.126. The fourth-order valence-electron chi connectivity index (χ4n) is 2.28. The summed E-state index contributed by atoms with van der Waals surface area (Å²) in [4.78, 5) is 12.4. The number of nitrogens with one attached hydrogen (secondary N) is 1. The smallest absolute Gasteiger partial charge is 0.259 e. The Balaban J connectivity index is 2.15. The molecule has 0 aliphatic heterocycles. The highest BCUT2D eigenvalue weighted by atomic mass is 16.1. The summed E-state index contributed by atoms with van der Waals surface area (Å²) in [6, 6.07) is 5.96. The predicted molar refractivity (Wildman–Crippen MR) is 84.5 cm³/mol. The van der Waals surface area contributed by atoms with Gasteiger partial charge in [0, 0.05) is 17.9 Å². The Kier molecular flexibility index (Phi) is 4.75. The minimum atomic E-state index is -0.126. The molecule has 2 aromatic rings. The number of nitrogens with two attached hydrogens (primary N) is 1. The lowest BCUT2D eigenvalue weighted by Gasteiger charge is -2.09. The molecule has 112 valence electrons. The lowest BCUT2D eigenvalue weighted by atomic mass is 10.1. The molecule has 0 aliphatic rings. The van der Waals surface area contributed by atoms with E-state index >= 15 is 0 Å². The highest BCUT2D eigenvalue weighted by molar-refractivity contribution is 6.05. The molecule has 0 unspecified atom stereocenters. The van der Waals surface area contributed by atoms with Crippen molar-refractivity contribution in [2.45, 2.75) is 33.7 Å². The first-order valence-electron chi connectivity index (χ1n) is 7.14. The summed E-state index contributed by atoms with van der Waals surface area (Å²) in [5.74, 6) is -0.126. The Hall–Kier alpha value is -2.14. The van der Waals surface area contributed by atoms with Gasteiger partial charge in [-0.05, 0) is 45.4 Å². The second-order valence-corrected chi connectivity index (χ2v) is 5.28. The van der Waals surface area contributed by atoms with Gasteiger partial charge in [-0.1, -0.05) is 17.7 Å². The van der Waals surface area contributed by atoms with E-state index in [1.807, 2.05) is 43.7 Å². The number of rotatable bonds is 5. The van der Waals surface area contributed by atoms with Crippen LogP contribution in [0.4, 0.5) is 5.69 Å². The van der Waals surface area contributed by atoms with Gasteiger partial charge < -0.3 is 11.1 Å². The second kappa shape index (κ2) is 6.54. The molecule has 0 radical (unpaired) electrons. The SMILES string of the molecule is Cc1ccc(NC(=O)c2cnn(CCCN)c2C)c(C)c1. The van der Waals surface area contributed by atoms with Crippen molar-refractivity contribution in [2.75, 3.05) is 11.9 Å². The zero-order chi connectivity index (χ0) is 15.4. The van der Waals surface area contributed by atoms with Crippen LogP contribution in [0, 0.1) is 20.8 Å². The lowest BCUT2D eigenvalue weighted by molar-refractivity contribution is 0.102. The normalized spacial score (nSPS) is 10.7. The summed E-state index contributed by atoms with van der Waals surface area (Å²) in [7, 11) is 0. The van der Waals surface area contributed by atoms with Crippen LogP contribution in [0.25, 0.3) is 0 Å². The van der Waals surface area contributed by atoms with E-state index in [4.69, 9.17) is 5.73 Å². The van der Waals surface area contributed by atoms with E-state index in [2.05, 4.69) is 10.4 Å². The molecule has 1 aromatic heterocycles. The third-order valence-electron chi connectivity index (χ3n) is 3.55. The molecule has 21 heavy (non-hydrogen) atoms. The zero-order valence-corrected chi connectivity index (χ0v) is 12.8. The van der Waals surface area contributed by atoms with Crippen molar-refractivity contribution in [1.82, 2.24) is 9.78 Å². The van der Waals surface area contributed by atoms with E-state index in [9.17, 15) is 4.79 Å². The third kappa shape index (κ3) is 3.49. The molecule has 1 amide bonds. The maximum Gasteiger partial charge on any atom is 0.259 e. The summed E-state index contributed by atoms with van der Waals surface area (Å²) >= 11 is 0. The molecule has 0 bridgehead atoms. The third-order valence-corrected chi connectivity index (χ3v) is 3.55. The van der Waals surface area contributed by atoms with Gasteiger partial charge in [0.15, 0.2) is 0 Å². The number of amides is 1. The minimum Gasteiger partial charge on any atom is -0.330 e. The van der Waals surface area contributed by atoms with Gasteiger partial charge in [0.05, 0.1) is 11.8 Å². The first-order chi connectivity index (χ1) is 10.0. The quantitative estimate of drug-likeness (QED) is 0.886. The van der Waals surface area contributed by atoms with Gasteiger partial charge in [0.2, 0.25) is 0 Å². The van der Waals surface area contributed by atoms with Crippen LogP contribution in [-0.2, 0) is 6.54 Å². The molecule has 0 aliphatic carbocycles. The zero-order valence-electron chi connectivity index (χ0n) is 12.8. The fraction of sp³-hybridized carbons (Fsp3) is 0.375. The molecule has 1 heterocycles. The van der Waals surface area contributed by atoms with Crippen molar-refractivity contribution in [1.29, 1.82) is 0 Å². The highest BCUT2D eigenvalue weighted by Crippen LogP contribution is 2.18. The molecule has 0 saturated heterocycles. The summed E-state index contributed by atoms with van der Waals surface area (Å²) in [6.45, 7) is 7.27. The van der Waals surface area contributed by atoms with Crippen LogP contribution in [0.5, 0.6) is 0 Å². The van der Waals surface area contributed by atoms with Gasteiger partial charge in [-0.25, -0.2) is 0 Å². The number of hydrogen-bond donors (Lipinski definition) is 2. The van der Waals surface area contributed by atoms with Crippen molar-refractivity contribution >= 4 is 11.6 Å². The number of carbonyl (C=O) groups is 1. The van der Waals surface area contributed by atoms with Crippen molar-refractivity contribution in [3.63, 3.8) is 0 Å². The molecule has 2 rings (SSSR count). The van der Waals surface area contributed by atoms with E-state index in [0.717, 1.165) is 29.9 Å². The summed E-state index contributed by atoms with van der Waals surface area (Å²) in [5, 5.41) is 7.20. The maximum atomic E-state index is 12.4. The van der Waals surface area contributed by atoms with Crippen molar-refractivity contribution < 1.29 is 4.79 Å². The van der Waals surface area contributed by atoms with Gasteiger partial charge in [0.25, 0.3) is 5.91 Å². The highest BCUT2D eigenvalue weighted by Gasteiger charge is 2.14. The van der Waals surface area contributed by atoms with Crippen LogP contribution in [0.3, 0.4) is 0 Å². The molecule has 0 fully saturated rings. The Morgan fingerprint density at radius 2 is 2.10 bits per heavy atom. The molecule has 1 aromatic carbocycles. The van der Waals surface area contributed by atoms with E-state index in [-0.39, 0.29) is 5.91 Å². The van der Waals surface area contributed by atoms with Gasteiger partial charge in [-0.2, -0.15) is 5.10 Å². The first-order valence-corrected chi connectivity index (χ1v) is 7.14. The van der Waals surface area contributed by atoms with Crippen LogP contribution < -0.4 is 11.1 Å². The number of nitrogens with zero attached hydrogens (tertiary/aromatic N) is 2. The number of carbonyl (C=O) groups excluding carboxylic acids is 1. The summed E-state index contributed by atoms with van der Waals surface area (Å²) in [6.07, 6.45) is 2.46. The van der Waals surface area contributed by atoms with Crippen molar-refractivity contribution in [3.05, 3.63) is 46.8 Å². The Morgan fingerprint density at radius 3 is 2.76 bits per heavy atom. The number of hydrogen-bond acceptors (Lipinski definition) is 3. The fourth-order valence-corrected chi connectivity index (χ4v) is 2.28. The van der Waals surface area contributed by atoms with Crippen LogP contribution in [0.2, 0.25) is 0 Å². The van der Waals surface area contributed by atoms with Gasteiger partial charge in [-0.3, -0.25) is 9.48 Å². The number of aromatic nitrogens is 2. The topological polar surface area (TPSA) is 72.9 Å². The summed E-state index contributed by atoms with van der Waals surface area (Å²) in [5.41, 5.74) is 10.0. The van der Waals surface area contributed by atoms with Gasteiger partial charge in [0.1, 0.15) is 0 Å².